The monoisotopic (exact) mass is 421 g/mol. The second-order valence-electron chi connectivity index (χ2n) is 7.39. The van der Waals surface area contributed by atoms with E-state index in [0.717, 1.165) is 52.0 Å². The molecule has 27 heavy (non-hydrogen) atoms. The molecule has 156 valence electrons. The zero-order valence-electron chi connectivity index (χ0n) is 16.2. The SMILES string of the molecule is CCC1CN(C(=O)C2(n3cccn3)CCNCC2)CCN1CC(C)O.Cl.Cl. The molecule has 2 fully saturated rings. The Morgan fingerprint density at radius 2 is 2.04 bits per heavy atom. The molecule has 2 saturated heterocycles. The molecule has 2 aliphatic rings. The van der Waals surface area contributed by atoms with Crippen LogP contribution in [0.15, 0.2) is 18.5 Å². The van der Waals surface area contributed by atoms with Crippen molar-refractivity contribution < 1.29 is 9.90 Å². The van der Waals surface area contributed by atoms with Crippen LogP contribution in [0.25, 0.3) is 0 Å². The third-order valence-electron chi connectivity index (χ3n) is 5.63. The number of hydrogen-bond acceptors (Lipinski definition) is 5. The van der Waals surface area contributed by atoms with Gasteiger partial charge >= 0.3 is 0 Å². The van der Waals surface area contributed by atoms with E-state index >= 15 is 0 Å². The Morgan fingerprint density at radius 3 is 2.59 bits per heavy atom. The number of nitrogens with one attached hydrogen (secondary N) is 1. The first kappa shape index (κ1) is 24.2. The summed E-state index contributed by atoms with van der Waals surface area (Å²) in [6.07, 6.45) is 5.87. The van der Waals surface area contributed by atoms with E-state index in [2.05, 4.69) is 22.2 Å². The summed E-state index contributed by atoms with van der Waals surface area (Å²) >= 11 is 0. The van der Waals surface area contributed by atoms with E-state index in [1.807, 2.05) is 28.8 Å². The average molecular weight is 422 g/mol. The van der Waals surface area contributed by atoms with E-state index in [1.165, 1.54) is 0 Å². The van der Waals surface area contributed by atoms with Crippen LogP contribution in [0.3, 0.4) is 0 Å². The van der Waals surface area contributed by atoms with Gasteiger partial charge in [-0.1, -0.05) is 6.92 Å². The lowest BCUT2D eigenvalue weighted by molar-refractivity contribution is -0.146. The Morgan fingerprint density at radius 1 is 1.33 bits per heavy atom. The fraction of sp³-hybridized carbons (Fsp3) is 0.778. The van der Waals surface area contributed by atoms with Gasteiger partial charge in [0, 0.05) is 44.6 Å². The number of rotatable bonds is 5. The molecule has 1 amide bonds. The highest BCUT2D eigenvalue weighted by atomic mass is 35.5. The summed E-state index contributed by atoms with van der Waals surface area (Å²) in [4.78, 5) is 17.9. The maximum atomic E-state index is 13.5. The van der Waals surface area contributed by atoms with Gasteiger partial charge in [-0.25, -0.2) is 0 Å². The standard InChI is InChI=1S/C18H31N5O2.2ClH/c1-3-16-14-22(12-11-21(16)13-15(2)24)17(25)18(5-8-19-9-6-18)23-10-4-7-20-23;;/h4,7,10,15-16,19,24H,3,5-6,8-9,11-14H2,1-2H3;2*1H. The first-order valence-corrected chi connectivity index (χ1v) is 9.49. The van der Waals surface area contributed by atoms with Gasteiger partial charge in [0.1, 0.15) is 5.54 Å². The number of hydrogen-bond donors (Lipinski definition) is 2. The van der Waals surface area contributed by atoms with Crippen LogP contribution < -0.4 is 5.32 Å². The topological polar surface area (TPSA) is 73.6 Å². The van der Waals surface area contributed by atoms with Gasteiger partial charge in [0.05, 0.1) is 6.10 Å². The van der Waals surface area contributed by atoms with Gasteiger partial charge in [-0.2, -0.15) is 5.10 Å². The number of nitrogens with zero attached hydrogens (tertiary/aromatic N) is 4. The van der Waals surface area contributed by atoms with Crippen molar-refractivity contribution in [2.45, 2.75) is 50.8 Å². The average Bonchev–Trinajstić information content (AvgIpc) is 3.17. The van der Waals surface area contributed by atoms with Gasteiger partial charge in [0.15, 0.2) is 0 Å². The molecule has 1 aromatic heterocycles. The molecule has 7 nitrogen and oxygen atoms in total. The summed E-state index contributed by atoms with van der Waals surface area (Å²) < 4.78 is 1.87. The van der Waals surface area contributed by atoms with E-state index in [-0.39, 0.29) is 36.8 Å². The highest BCUT2D eigenvalue weighted by molar-refractivity contribution is 5.86. The largest absolute Gasteiger partial charge is 0.392 e. The van der Waals surface area contributed by atoms with Crippen molar-refractivity contribution in [1.82, 2.24) is 24.9 Å². The molecule has 2 N–H and O–H groups in total. The minimum atomic E-state index is -0.556. The van der Waals surface area contributed by atoms with Crippen molar-refractivity contribution in [2.24, 2.45) is 0 Å². The molecule has 2 atom stereocenters. The summed E-state index contributed by atoms with van der Waals surface area (Å²) in [5, 5.41) is 17.5. The maximum absolute atomic E-state index is 13.5. The van der Waals surface area contributed by atoms with Gasteiger partial charge in [0.25, 0.3) is 5.91 Å². The van der Waals surface area contributed by atoms with Crippen LogP contribution in [-0.4, -0.2) is 82.0 Å². The molecule has 0 aromatic carbocycles. The smallest absolute Gasteiger partial charge is 0.250 e. The van der Waals surface area contributed by atoms with E-state index < -0.39 is 5.54 Å². The van der Waals surface area contributed by atoms with Crippen molar-refractivity contribution in [1.29, 1.82) is 0 Å². The molecule has 9 heteroatoms. The maximum Gasteiger partial charge on any atom is 0.250 e. The van der Waals surface area contributed by atoms with E-state index in [9.17, 15) is 9.90 Å². The lowest BCUT2D eigenvalue weighted by Gasteiger charge is -2.46. The van der Waals surface area contributed by atoms with Crippen molar-refractivity contribution in [3.8, 4) is 0 Å². The Bertz CT molecular complexity index is 564. The summed E-state index contributed by atoms with van der Waals surface area (Å²) in [7, 11) is 0. The fourth-order valence-corrected chi connectivity index (χ4v) is 4.24. The number of aliphatic hydroxyl groups is 1. The first-order chi connectivity index (χ1) is 12.1. The Kier molecular flexibility index (Phi) is 9.51. The summed E-state index contributed by atoms with van der Waals surface area (Å²) in [5.41, 5.74) is -0.556. The Hall–Kier alpha value is -0.860. The number of aliphatic hydroxyl groups excluding tert-OH is 1. The predicted molar refractivity (Wildman–Crippen MR) is 111 cm³/mol. The zero-order valence-corrected chi connectivity index (χ0v) is 17.8. The Balaban J connectivity index is 0.00000182. The molecule has 2 unspecified atom stereocenters. The summed E-state index contributed by atoms with van der Waals surface area (Å²) in [6, 6.07) is 2.20. The summed E-state index contributed by atoms with van der Waals surface area (Å²) in [6.45, 7) is 8.61. The van der Waals surface area contributed by atoms with Gasteiger partial charge in [-0.15, -0.1) is 24.8 Å². The van der Waals surface area contributed by atoms with Gasteiger partial charge in [0.2, 0.25) is 0 Å². The molecule has 0 radical (unpaired) electrons. The van der Waals surface area contributed by atoms with E-state index in [4.69, 9.17) is 0 Å². The number of piperazine rings is 1. The normalized spacial score (nSPS) is 23.8. The number of amides is 1. The van der Waals surface area contributed by atoms with E-state index in [1.54, 1.807) is 6.20 Å². The van der Waals surface area contributed by atoms with Crippen LogP contribution in [0, 0.1) is 0 Å². The quantitative estimate of drug-likeness (QED) is 0.744. The number of halogens is 2. The third kappa shape index (κ3) is 5.15. The minimum Gasteiger partial charge on any atom is -0.392 e. The van der Waals surface area contributed by atoms with Crippen LogP contribution in [0.1, 0.15) is 33.1 Å². The molecule has 0 bridgehead atoms. The minimum absolute atomic E-state index is 0. The molecule has 0 aliphatic carbocycles. The van der Waals surface area contributed by atoms with Gasteiger partial charge < -0.3 is 15.3 Å². The number of aromatic nitrogens is 2. The highest BCUT2D eigenvalue weighted by Gasteiger charge is 2.45. The number of carbonyl (C=O) groups excluding carboxylic acids is 1. The van der Waals surface area contributed by atoms with Gasteiger partial charge in [-0.3, -0.25) is 14.4 Å². The fourth-order valence-electron chi connectivity index (χ4n) is 4.24. The third-order valence-corrected chi connectivity index (χ3v) is 5.63. The van der Waals surface area contributed by atoms with Crippen LogP contribution in [0.2, 0.25) is 0 Å². The summed E-state index contributed by atoms with van der Waals surface area (Å²) in [5.74, 6) is 0.202. The van der Waals surface area contributed by atoms with Crippen molar-refractivity contribution in [3.63, 3.8) is 0 Å². The Labute approximate surface area is 174 Å². The predicted octanol–water partition coefficient (Wildman–Crippen LogP) is 1.11. The van der Waals surface area contributed by atoms with Crippen molar-refractivity contribution >= 4 is 30.7 Å². The number of β-amino-alcohol motifs (C(OH)–C–C–N with tert-alkyl or cyclic N) is 1. The van der Waals surface area contributed by atoms with E-state index in [0.29, 0.717) is 12.6 Å². The molecule has 1 aromatic rings. The second-order valence-corrected chi connectivity index (χ2v) is 7.39. The lowest BCUT2D eigenvalue weighted by atomic mass is 9.86. The second kappa shape index (κ2) is 10.6. The highest BCUT2D eigenvalue weighted by Crippen LogP contribution is 2.30. The lowest BCUT2D eigenvalue weighted by Crippen LogP contribution is -2.62. The van der Waals surface area contributed by atoms with Crippen LogP contribution in [-0.2, 0) is 10.3 Å². The van der Waals surface area contributed by atoms with Crippen LogP contribution >= 0.6 is 24.8 Å². The van der Waals surface area contributed by atoms with Crippen LogP contribution in [0.5, 0.6) is 0 Å². The number of carbonyl (C=O) groups is 1. The zero-order chi connectivity index (χ0) is 17.9. The number of piperidine rings is 1. The molecule has 0 spiro atoms. The van der Waals surface area contributed by atoms with Crippen molar-refractivity contribution in [3.05, 3.63) is 18.5 Å². The molecule has 3 rings (SSSR count). The molecule has 2 aliphatic heterocycles. The van der Waals surface area contributed by atoms with Gasteiger partial charge in [-0.05, 0) is 45.3 Å². The molecular formula is C18H33Cl2N5O2. The van der Waals surface area contributed by atoms with Crippen molar-refractivity contribution in [2.75, 3.05) is 39.3 Å². The molecule has 3 heterocycles. The molecular weight excluding hydrogens is 389 g/mol. The first-order valence-electron chi connectivity index (χ1n) is 9.49. The molecule has 0 saturated carbocycles. The van der Waals surface area contributed by atoms with Crippen LogP contribution in [0.4, 0.5) is 0 Å².